The minimum absolute atomic E-state index is 0.121. The van der Waals surface area contributed by atoms with Crippen LogP contribution in [0, 0.1) is 0 Å². The van der Waals surface area contributed by atoms with Crippen molar-refractivity contribution in [2.24, 2.45) is 0 Å². The molecule has 4 rings (SSSR count). The standard InChI is InChI=1S/C24H24N4O2/c1-16(2)18-7-9-19(10-8-18)21-15-28-22(13-25-21)26-14-23(28)27-24(29)12-17-5-4-6-20(11-17)30-3/h4-11,13-16H,12H2,1-3H3,(H,27,29). The molecule has 30 heavy (non-hydrogen) atoms. The molecule has 0 saturated carbocycles. The monoisotopic (exact) mass is 400 g/mol. The van der Waals surface area contributed by atoms with Gasteiger partial charge in [-0.05, 0) is 29.2 Å². The number of aromatic nitrogens is 3. The van der Waals surface area contributed by atoms with Crippen molar-refractivity contribution in [1.82, 2.24) is 14.4 Å². The Kier molecular flexibility index (Phi) is 5.48. The van der Waals surface area contributed by atoms with Crippen LogP contribution in [-0.2, 0) is 11.2 Å². The molecule has 6 heteroatoms. The van der Waals surface area contributed by atoms with Gasteiger partial charge in [-0.2, -0.15) is 0 Å². The summed E-state index contributed by atoms with van der Waals surface area (Å²) in [5.74, 6) is 1.70. The lowest BCUT2D eigenvalue weighted by atomic mass is 10.0. The highest BCUT2D eigenvalue weighted by molar-refractivity contribution is 5.92. The van der Waals surface area contributed by atoms with E-state index in [1.807, 2.05) is 34.9 Å². The first-order valence-corrected chi connectivity index (χ1v) is 9.89. The van der Waals surface area contributed by atoms with Crippen LogP contribution in [0.25, 0.3) is 16.9 Å². The van der Waals surface area contributed by atoms with E-state index >= 15 is 0 Å². The highest BCUT2D eigenvalue weighted by atomic mass is 16.5. The quantitative estimate of drug-likeness (QED) is 0.509. The number of amides is 1. The summed E-state index contributed by atoms with van der Waals surface area (Å²) in [6.07, 6.45) is 5.50. The molecule has 6 nitrogen and oxygen atoms in total. The summed E-state index contributed by atoms with van der Waals surface area (Å²) in [6, 6.07) is 15.9. The van der Waals surface area contributed by atoms with Crippen LogP contribution in [0.3, 0.4) is 0 Å². The molecule has 0 unspecified atom stereocenters. The van der Waals surface area contributed by atoms with E-state index in [-0.39, 0.29) is 12.3 Å². The van der Waals surface area contributed by atoms with Crippen molar-refractivity contribution in [2.75, 3.05) is 12.4 Å². The molecule has 0 radical (unpaired) electrons. The van der Waals surface area contributed by atoms with Crippen LogP contribution in [0.4, 0.5) is 5.82 Å². The fraction of sp³-hybridized carbons (Fsp3) is 0.208. The van der Waals surface area contributed by atoms with E-state index in [2.05, 4.69) is 53.4 Å². The number of anilines is 1. The van der Waals surface area contributed by atoms with Crippen LogP contribution < -0.4 is 10.1 Å². The minimum atomic E-state index is -0.121. The van der Waals surface area contributed by atoms with Crippen LogP contribution in [0.2, 0.25) is 0 Å². The summed E-state index contributed by atoms with van der Waals surface area (Å²) < 4.78 is 7.07. The summed E-state index contributed by atoms with van der Waals surface area (Å²) in [4.78, 5) is 21.4. The maximum atomic E-state index is 12.6. The van der Waals surface area contributed by atoms with E-state index < -0.39 is 0 Å². The zero-order valence-electron chi connectivity index (χ0n) is 17.3. The molecule has 0 saturated heterocycles. The Morgan fingerprint density at radius 3 is 2.63 bits per heavy atom. The zero-order valence-corrected chi connectivity index (χ0v) is 17.3. The highest BCUT2D eigenvalue weighted by Gasteiger charge is 2.11. The number of carbonyl (C=O) groups excluding carboxylic acids is 1. The van der Waals surface area contributed by atoms with Crippen molar-refractivity contribution >= 4 is 17.4 Å². The number of nitrogens with one attached hydrogen (secondary N) is 1. The molecular weight excluding hydrogens is 376 g/mol. The number of methoxy groups -OCH3 is 1. The van der Waals surface area contributed by atoms with Crippen molar-refractivity contribution in [3.05, 3.63) is 78.2 Å². The number of imidazole rings is 1. The van der Waals surface area contributed by atoms with Crippen LogP contribution in [0.15, 0.2) is 67.1 Å². The van der Waals surface area contributed by atoms with E-state index in [0.717, 1.165) is 22.6 Å². The molecule has 0 aliphatic rings. The van der Waals surface area contributed by atoms with Crippen LogP contribution >= 0.6 is 0 Å². The molecule has 0 spiro atoms. The normalized spacial score (nSPS) is 11.1. The third-order valence-corrected chi connectivity index (χ3v) is 5.04. The van der Waals surface area contributed by atoms with Gasteiger partial charge in [0.25, 0.3) is 0 Å². The number of nitrogens with zero attached hydrogens (tertiary/aromatic N) is 3. The first-order chi connectivity index (χ1) is 14.5. The van der Waals surface area contributed by atoms with E-state index in [4.69, 9.17) is 4.74 Å². The maximum Gasteiger partial charge on any atom is 0.229 e. The Morgan fingerprint density at radius 2 is 1.90 bits per heavy atom. The number of benzene rings is 2. The molecule has 2 aromatic heterocycles. The van der Waals surface area contributed by atoms with Crippen LogP contribution in [0.5, 0.6) is 5.75 Å². The number of carbonyl (C=O) groups is 1. The van der Waals surface area contributed by atoms with Crippen LogP contribution in [-0.4, -0.2) is 27.4 Å². The van der Waals surface area contributed by atoms with Gasteiger partial charge in [0.15, 0.2) is 5.65 Å². The molecule has 0 aliphatic heterocycles. The van der Waals surface area contributed by atoms with Gasteiger partial charge >= 0.3 is 0 Å². The molecule has 0 aliphatic carbocycles. The molecule has 0 atom stereocenters. The Morgan fingerprint density at radius 1 is 1.10 bits per heavy atom. The number of fused-ring (bicyclic) bond motifs is 1. The predicted molar refractivity (Wildman–Crippen MR) is 118 cm³/mol. The molecule has 152 valence electrons. The summed E-state index contributed by atoms with van der Waals surface area (Å²) in [5.41, 5.74) is 4.68. The van der Waals surface area contributed by atoms with Crippen molar-refractivity contribution in [1.29, 1.82) is 0 Å². The van der Waals surface area contributed by atoms with Gasteiger partial charge in [-0.3, -0.25) is 14.2 Å². The van der Waals surface area contributed by atoms with Gasteiger partial charge in [-0.15, -0.1) is 0 Å². The Hall–Kier alpha value is -3.67. The summed E-state index contributed by atoms with van der Waals surface area (Å²) in [7, 11) is 1.61. The smallest absolute Gasteiger partial charge is 0.229 e. The lowest BCUT2D eigenvalue weighted by Crippen LogP contribution is -2.15. The van der Waals surface area contributed by atoms with Gasteiger partial charge in [-0.25, -0.2) is 4.98 Å². The minimum Gasteiger partial charge on any atom is -0.497 e. The van der Waals surface area contributed by atoms with Crippen LogP contribution in [0.1, 0.15) is 30.9 Å². The number of ether oxygens (including phenoxy) is 1. The molecule has 4 aromatic rings. The van der Waals surface area contributed by atoms with Gasteiger partial charge in [0, 0.05) is 11.8 Å². The van der Waals surface area contributed by atoms with Gasteiger partial charge in [0.05, 0.1) is 31.6 Å². The van der Waals surface area contributed by atoms with Gasteiger partial charge < -0.3 is 10.1 Å². The highest BCUT2D eigenvalue weighted by Crippen LogP contribution is 2.23. The van der Waals surface area contributed by atoms with Gasteiger partial charge in [0.1, 0.15) is 11.6 Å². The second kappa shape index (κ2) is 8.37. The Balaban J connectivity index is 1.56. The second-order valence-electron chi connectivity index (χ2n) is 7.50. The van der Waals surface area contributed by atoms with E-state index in [0.29, 0.717) is 17.4 Å². The molecule has 1 amide bonds. The Bertz CT molecular complexity index is 1180. The van der Waals surface area contributed by atoms with Crippen molar-refractivity contribution in [3.63, 3.8) is 0 Å². The van der Waals surface area contributed by atoms with Gasteiger partial charge in [0.2, 0.25) is 5.91 Å². The maximum absolute atomic E-state index is 12.6. The van der Waals surface area contributed by atoms with Gasteiger partial charge in [-0.1, -0.05) is 50.2 Å². The lowest BCUT2D eigenvalue weighted by molar-refractivity contribution is -0.115. The summed E-state index contributed by atoms with van der Waals surface area (Å²) in [5, 5.41) is 2.95. The fourth-order valence-electron chi connectivity index (χ4n) is 3.32. The first-order valence-electron chi connectivity index (χ1n) is 9.89. The van der Waals surface area contributed by atoms with Crippen molar-refractivity contribution in [2.45, 2.75) is 26.2 Å². The first kappa shape index (κ1) is 19.6. The molecule has 1 N–H and O–H groups in total. The van der Waals surface area contributed by atoms with Crippen molar-refractivity contribution in [3.8, 4) is 17.0 Å². The molecule has 0 bridgehead atoms. The zero-order chi connectivity index (χ0) is 21.1. The third-order valence-electron chi connectivity index (χ3n) is 5.04. The molecule has 2 heterocycles. The van der Waals surface area contributed by atoms with E-state index in [1.165, 1.54) is 5.56 Å². The molecular formula is C24H24N4O2. The summed E-state index contributed by atoms with van der Waals surface area (Å²) in [6.45, 7) is 4.34. The predicted octanol–water partition coefficient (Wildman–Crippen LogP) is 4.71. The van der Waals surface area contributed by atoms with E-state index in [1.54, 1.807) is 19.5 Å². The lowest BCUT2D eigenvalue weighted by Gasteiger charge is -2.09. The molecule has 0 fully saturated rings. The topological polar surface area (TPSA) is 68.5 Å². The summed E-state index contributed by atoms with van der Waals surface area (Å²) >= 11 is 0. The van der Waals surface area contributed by atoms with E-state index in [9.17, 15) is 4.79 Å². The largest absolute Gasteiger partial charge is 0.497 e. The average Bonchev–Trinajstić information content (AvgIpc) is 3.15. The number of hydrogen-bond donors (Lipinski definition) is 1. The SMILES string of the molecule is COc1cccc(CC(=O)Nc2cnc3cnc(-c4ccc(C(C)C)cc4)cn23)c1. The third kappa shape index (κ3) is 4.17. The number of hydrogen-bond acceptors (Lipinski definition) is 4. The Labute approximate surface area is 175 Å². The van der Waals surface area contributed by atoms with Crippen molar-refractivity contribution < 1.29 is 9.53 Å². The fourth-order valence-corrected chi connectivity index (χ4v) is 3.32. The number of rotatable bonds is 6. The molecule has 2 aromatic carbocycles. The average molecular weight is 400 g/mol. The second-order valence-corrected chi connectivity index (χ2v) is 7.50.